The summed E-state index contributed by atoms with van der Waals surface area (Å²) in [6.07, 6.45) is 9.67. The number of rotatable bonds is 7. The Kier molecular flexibility index (Phi) is 7.52. The number of aliphatic hydroxyl groups excluding tert-OH is 1. The van der Waals surface area contributed by atoms with Gasteiger partial charge in [-0.3, -0.25) is 9.69 Å². The molecule has 1 aromatic rings. The van der Waals surface area contributed by atoms with Gasteiger partial charge in [-0.2, -0.15) is 0 Å². The number of fused-ring (bicyclic) bond motifs is 1. The molecular formula is C27H37N3O4. The van der Waals surface area contributed by atoms with Gasteiger partial charge in [-0.15, -0.1) is 0 Å². The van der Waals surface area contributed by atoms with Gasteiger partial charge in [0.2, 0.25) is 0 Å². The molecule has 0 bridgehead atoms. The van der Waals surface area contributed by atoms with Gasteiger partial charge in [0.15, 0.2) is 0 Å². The number of carbonyl (C=O) groups is 1. The molecule has 7 nitrogen and oxygen atoms in total. The highest BCUT2D eigenvalue weighted by Crippen LogP contribution is 2.29. The van der Waals surface area contributed by atoms with Crippen LogP contribution in [-0.2, 0) is 0 Å². The minimum absolute atomic E-state index is 0.0894. The maximum absolute atomic E-state index is 13.2. The van der Waals surface area contributed by atoms with Gasteiger partial charge in [-0.25, -0.2) is 0 Å². The molecular weight excluding hydrogens is 430 g/mol. The molecule has 4 aliphatic rings. The first kappa shape index (κ1) is 23.4. The number of hydrogen-bond donors (Lipinski definition) is 2. The summed E-state index contributed by atoms with van der Waals surface area (Å²) in [4.78, 5) is 17.2. The minimum Gasteiger partial charge on any atom is -0.493 e. The van der Waals surface area contributed by atoms with Gasteiger partial charge >= 0.3 is 0 Å². The third-order valence-electron chi connectivity index (χ3n) is 7.38. The number of ether oxygens (including phenoxy) is 2. The predicted octanol–water partition coefficient (Wildman–Crippen LogP) is 2.61. The Balaban J connectivity index is 1.16. The third kappa shape index (κ3) is 5.65. The van der Waals surface area contributed by atoms with E-state index in [2.05, 4.69) is 22.4 Å². The summed E-state index contributed by atoms with van der Waals surface area (Å²) in [6, 6.07) is 5.48. The maximum atomic E-state index is 13.2. The maximum Gasteiger partial charge on any atom is 0.257 e. The van der Waals surface area contributed by atoms with Gasteiger partial charge in [0, 0.05) is 44.7 Å². The van der Waals surface area contributed by atoms with E-state index in [0.29, 0.717) is 50.1 Å². The molecule has 1 fully saturated rings. The Morgan fingerprint density at radius 2 is 2.18 bits per heavy atom. The fraction of sp³-hybridized carbons (Fsp3) is 0.593. The number of hydrogen-bond acceptors (Lipinski definition) is 6. The molecule has 2 unspecified atom stereocenters. The lowest BCUT2D eigenvalue weighted by atomic mass is 9.91. The molecule has 5 rings (SSSR count). The van der Waals surface area contributed by atoms with E-state index >= 15 is 0 Å². The quantitative estimate of drug-likeness (QED) is 0.642. The lowest BCUT2D eigenvalue weighted by Crippen LogP contribution is -2.45. The highest BCUT2D eigenvalue weighted by atomic mass is 16.5. The van der Waals surface area contributed by atoms with Crippen molar-refractivity contribution in [2.24, 2.45) is 5.92 Å². The zero-order valence-electron chi connectivity index (χ0n) is 20.0. The monoisotopic (exact) mass is 467 g/mol. The van der Waals surface area contributed by atoms with Crippen LogP contribution in [0, 0.1) is 5.92 Å². The number of β-amino-alcohol motifs (C(OH)–C–C–N with tert-alkyl or cyclic N) is 1. The molecule has 184 valence electrons. The molecule has 1 saturated heterocycles. The summed E-state index contributed by atoms with van der Waals surface area (Å²) in [7, 11) is 0. The van der Waals surface area contributed by atoms with Gasteiger partial charge in [0.25, 0.3) is 5.91 Å². The predicted molar refractivity (Wildman–Crippen MR) is 131 cm³/mol. The van der Waals surface area contributed by atoms with Crippen molar-refractivity contribution in [3.8, 4) is 11.5 Å². The van der Waals surface area contributed by atoms with Crippen LogP contribution in [0.3, 0.4) is 0 Å². The molecule has 1 amide bonds. The first-order valence-electron chi connectivity index (χ1n) is 12.8. The third-order valence-corrected chi connectivity index (χ3v) is 7.38. The van der Waals surface area contributed by atoms with Crippen molar-refractivity contribution in [2.75, 3.05) is 59.0 Å². The first-order valence-corrected chi connectivity index (χ1v) is 12.8. The lowest BCUT2D eigenvalue weighted by Gasteiger charge is -2.33. The van der Waals surface area contributed by atoms with Crippen LogP contribution in [0.5, 0.6) is 11.5 Å². The lowest BCUT2D eigenvalue weighted by molar-refractivity contribution is 0.0524. The summed E-state index contributed by atoms with van der Waals surface area (Å²) in [5.74, 6) is 1.74. The molecule has 0 spiro atoms. The van der Waals surface area contributed by atoms with E-state index in [1.807, 2.05) is 12.1 Å². The van der Waals surface area contributed by atoms with Crippen LogP contribution in [0.4, 0.5) is 0 Å². The summed E-state index contributed by atoms with van der Waals surface area (Å²) in [5, 5.41) is 14.2. The molecule has 1 aromatic carbocycles. The minimum atomic E-state index is -0.591. The zero-order valence-corrected chi connectivity index (χ0v) is 20.0. The van der Waals surface area contributed by atoms with Crippen molar-refractivity contribution in [2.45, 2.75) is 38.2 Å². The standard InChI is InChI=1S/C27H37N3O4/c31-23(17-29-11-9-21-5-1-2-6-22(21)16-29)18-30-12-13-33-26-14-24(7-8-25(26)27(30)32)34-19-20-4-3-10-28-15-20/h2,6-8,14,20,23,28,31H,1,3-5,9-13,15-19H2. The Bertz CT molecular complexity index is 938. The second kappa shape index (κ2) is 10.9. The van der Waals surface area contributed by atoms with Crippen LogP contribution < -0.4 is 14.8 Å². The smallest absolute Gasteiger partial charge is 0.257 e. The van der Waals surface area contributed by atoms with E-state index in [4.69, 9.17) is 9.47 Å². The van der Waals surface area contributed by atoms with Crippen molar-refractivity contribution >= 4 is 5.91 Å². The molecule has 0 radical (unpaired) electrons. The molecule has 3 heterocycles. The average Bonchev–Trinajstić information content (AvgIpc) is 3.01. The van der Waals surface area contributed by atoms with Crippen molar-refractivity contribution in [1.29, 1.82) is 0 Å². The summed E-state index contributed by atoms with van der Waals surface area (Å²) in [6.45, 7) is 6.38. The normalized spacial score (nSPS) is 24.2. The topological polar surface area (TPSA) is 74.3 Å². The fourth-order valence-corrected chi connectivity index (χ4v) is 5.47. The Labute approximate surface area is 202 Å². The number of aliphatic hydroxyl groups is 1. The second-order valence-corrected chi connectivity index (χ2v) is 9.99. The van der Waals surface area contributed by atoms with Gasteiger partial charge in [-0.1, -0.05) is 17.7 Å². The van der Waals surface area contributed by atoms with Crippen molar-refractivity contribution in [1.82, 2.24) is 15.1 Å². The summed E-state index contributed by atoms with van der Waals surface area (Å²) >= 11 is 0. The molecule has 0 aromatic heterocycles. The van der Waals surface area contributed by atoms with E-state index in [9.17, 15) is 9.90 Å². The summed E-state index contributed by atoms with van der Waals surface area (Å²) in [5.41, 5.74) is 3.52. The van der Waals surface area contributed by atoms with Crippen LogP contribution >= 0.6 is 0 Å². The molecule has 34 heavy (non-hydrogen) atoms. The van der Waals surface area contributed by atoms with Crippen LogP contribution in [-0.4, -0.2) is 85.9 Å². The van der Waals surface area contributed by atoms with Crippen molar-refractivity contribution in [3.63, 3.8) is 0 Å². The number of amides is 1. The highest BCUT2D eigenvalue weighted by molar-refractivity contribution is 5.97. The zero-order chi connectivity index (χ0) is 23.3. The Hall–Kier alpha value is -2.35. The number of benzene rings is 1. The Morgan fingerprint density at radius 1 is 1.24 bits per heavy atom. The van der Waals surface area contributed by atoms with Gasteiger partial charge < -0.3 is 24.8 Å². The molecule has 2 atom stereocenters. The SMILES string of the molecule is O=C1c2ccc(OCC3CCCNC3)cc2OCCN1CC(O)CN1CCC2=C(C=CCC2)C1. The van der Waals surface area contributed by atoms with E-state index < -0.39 is 6.10 Å². The molecule has 2 N–H and O–H groups in total. The van der Waals surface area contributed by atoms with E-state index in [-0.39, 0.29) is 5.91 Å². The largest absolute Gasteiger partial charge is 0.493 e. The van der Waals surface area contributed by atoms with Crippen LogP contribution in [0.1, 0.15) is 42.5 Å². The molecule has 0 saturated carbocycles. The number of piperidine rings is 1. The fourth-order valence-electron chi connectivity index (χ4n) is 5.47. The molecule has 1 aliphatic carbocycles. The van der Waals surface area contributed by atoms with Crippen molar-refractivity contribution in [3.05, 3.63) is 47.1 Å². The van der Waals surface area contributed by atoms with Crippen LogP contribution in [0.25, 0.3) is 0 Å². The summed E-state index contributed by atoms with van der Waals surface area (Å²) < 4.78 is 11.9. The van der Waals surface area contributed by atoms with E-state index in [1.54, 1.807) is 16.5 Å². The van der Waals surface area contributed by atoms with Gasteiger partial charge in [0.05, 0.1) is 24.8 Å². The average molecular weight is 468 g/mol. The number of nitrogens with zero attached hydrogens (tertiary/aromatic N) is 2. The van der Waals surface area contributed by atoms with Crippen LogP contribution in [0.2, 0.25) is 0 Å². The Morgan fingerprint density at radius 3 is 3.06 bits per heavy atom. The number of carbonyl (C=O) groups excluding carboxylic acids is 1. The number of allylic oxidation sites excluding steroid dienone is 1. The first-order chi connectivity index (χ1) is 16.7. The molecule has 3 aliphatic heterocycles. The van der Waals surface area contributed by atoms with Crippen molar-refractivity contribution < 1.29 is 19.4 Å². The number of nitrogens with one attached hydrogen (secondary N) is 1. The molecule has 7 heteroatoms. The van der Waals surface area contributed by atoms with E-state index in [1.165, 1.54) is 24.8 Å². The van der Waals surface area contributed by atoms with E-state index in [0.717, 1.165) is 44.8 Å². The van der Waals surface area contributed by atoms with Gasteiger partial charge in [-0.05, 0) is 56.4 Å². The highest BCUT2D eigenvalue weighted by Gasteiger charge is 2.27. The van der Waals surface area contributed by atoms with Crippen LogP contribution in [0.15, 0.2) is 41.5 Å². The second-order valence-electron chi connectivity index (χ2n) is 9.99. The van der Waals surface area contributed by atoms with Gasteiger partial charge in [0.1, 0.15) is 18.1 Å².